The summed E-state index contributed by atoms with van der Waals surface area (Å²) in [6, 6.07) is -1.28. The zero-order chi connectivity index (χ0) is 53.7. The number of rotatable bonds is 47. The van der Waals surface area contributed by atoms with Gasteiger partial charge in [0.25, 0.3) is 0 Å². The number of ether oxygens (including phenoxy) is 7. The minimum absolute atomic E-state index is 0.0824. The first-order valence-corrected chi connectivity index (χ1v) is 28.3. The van der Waals surface area contributed by atoms with E-state index >= 15 is 0 Å². The molecular formula is C55H100N4O14. The molecule has 0 N–H and O–H groups in total. The van der Waals surface area contributed by atoms with Crippen LogP contribution in [0.2, 0.25) is 0 Å². The van der Waals surface area contributed by atoms with Crippen LogP contribution in [0.3, 0.4) is 0 Å². The molecule has 1 rings (SSSR count). The predicted octanol–water partition coefficient (Wildman–Crippen LogP) is 8.82. The van der Waals surface area contributed by atoms with Crippen molar-refractivity contribution in [1.29, 1.82) is 0 Å². The van der Waals surface area contributed by atoms with E-state index in [-0.39, 0.29) is 72.4 Å². The van der Waals surface area contributed by atoms with Crippen LogP contribution >= 0.6 is 0 Å². The number of carbonyl (C=O) groups excluding carboxylic acids is 7. The van der Waals surface area contributed by atoms with Crippen molar-refractivity contribution in [2.45, 2.75) is 207 Å². The van der Waals surface area contributed by atoms with Crippen molar-refractivity contribution in [3.8, 4) is 0 Å². The van der Waals surface area contributed by atoms with Gasteiger partial charge in [-0.3, -0.25) is 43.5 Å². The fourth-order valence-electron chi connectivity index (χ4n) is 8.33. The van der Waals surface area contributed by atoms with Crippen molar-refractivity contribution in [3.05, 3.63) is 0 Å². The highest BCUT2D eigenvalue weighted by molar-refractivity contribution is 5.79. The fraction of sp³-hybridized carbons (Fsp3) is 0.873. The lowest BCUT2D eigenvalue weighted by Gasteiger charge is -2.29. The van der Waals surface area contributed by atoms with E-state index in [1.165, 1.54) is 14.7 Å². The molecule has 0 aromatic rings. The maximum atomic E-state index is 13.7. The Kier molecular flexibility index (Phi) is 41.6. The van der Waals surface area contributed by atoms with Crippen LogP contribution in [0.15, 0.2) is 0 Å². The molecule has 0 saturated carbocycles. The number of hydrogen-bond donors (Lipinski definition) is 0. The standard InChI is InChI=1S/C55H100N4O14/c1-7-11-15-19-23-27-34-67-49(60)39-57(40-50(61)68-35-28-24-20-16-12-8-2)43-53(64)72-45-47-31-32-48(59(47)55(66)71-38-33-56(5)6)46-73-54(65)44-58(41-51(62)69-36-29-25-21-17-13-9-3)42-52(63)70-37-30-26-22-18-14-10-4/h47-48H,7-46H2,1-6H3/t47-,48-/m0/s1. The summed E-state index contributed by atoms with van der Waals surface area (Å²) in [4.78, 5) is 98.1. The second-order valence-corrected chi connectivity index (χ2v) is 19.8. The Morgan fingerprint density at radius 2 is 0.616 bits per heavy atom. The van der Waals surface area contributed by atoms with Gasteiger partial charge in [0.15, 0.2) is 0 Å². The van der Waals surface area contributed by atoms with Gasteiger partial charge in [-0.15, -0.1) is 0 Å². The monoisotopic (exact) mass is 1040 g/mol. The molecule has 0 aromatic carbocycles. The van der Waals surface area contributed by atoms with Crippen molar-refractivity contribution in [3.63, 3.8) is 0 Å². The van der Waals surface area contributed by atoms with Gasteiger partial charge in [-0.2, -0.15) is 0 Å². The van der Waals surface area contributed by atoms with Gasteiger partial charge < -0.3 is 38.1 Å². The number of hydrogen-bond acceptors (Lipinski definition) is 17. The normalized spacial score (nSPS) is 14.4. The zero-order valence-corrected chi connectivity index (χ0v) is 46.4. The zero-order valence-electron chi connectivity index (χ0n) is 46.4. The quantitative estimate of drug-likeness (QED) is 0.0318. The first kappa shape index (κ1) is 67.0. The average molecular weight is 1040 g/mol. The lowest BCUT2D eigenvalue weighted by molar-refractivity contribution is -0.154. The molecule has 18 heteroatoms. The van der Waals surface area contributed by atoms with Crippen molar-refractivity contribution in [1.82, 2.24) is 19.6 Å². The number of unbranched alkanes of at least 4 members (excludes halogenated alkanes) is 20. The molecule has 18 nitrogen and oxygen atoms in total. The van der Waals surface area contributed by atoms with Gasteiger partial charge in [0.2, 0.25) is 0 Å². The first-order valence-electron chi connectivity index (χ1n) is 28.3. The van der Waals surface area contributed by atoms with E-state index in [2.05, 4.69) is 27.7 Å². The molecule has 0 spiro atoms. The summed E-state index contributed by atoms with van der Waals surface area (Å²) in [6.45, 7) is 7.55. The topological polar surface area (TPSA) is 197 Å². The maximum Gasteiger partial charge on any atom is 0.410 e. The SMILES string of the molecule is CCCCCCCCOC(=O)CN(CC(=O)OCCCCCCCC)CC(=O)OC[C@@H]1CC[C@@H](COC(=O)CN(CC(=O)OCCCCCCCC)CC(=O)OCCCCCCCC)N1C(=O)OCCN(C)C. The van der Waals surface area contributed by atoms with Gasteiger partial charge in [-0.25, -0.2) is 4.79 Å². The van der Waals surface area contributed by atoms with Crippen LogP contribution in [0, 0.1) is 0 Å². The second-order valence-electron chi connectivity index (χ2n) is 19.8. The molecule has 0 radical (unpaired) electrons. The molecule has 2 atom stereocenters. The van der Waals surface area contributed by atoms with Crippen molar-refractivity contribution < 1.29 is 66.7 Å². The van der Waals surface area contributed by atoms with Crippen molar-refractivity contribution >= 4 is 41.9 Å². The van der Waals surface area contributed by atoms with Gasteiger partial charge in [0.05, 0.1) is 77.8 Å². The Hall–Kier alpha value is -4.03. The number of nitrogens with zero attached hydrogens (tertiary/aromatic N) is 4. The van der Waals surface area contributed by atoms with Gasteiger partial charge >= 0.3 is 41.9 Å². The summed E-state index contributed by atoms with van der Waals surface area (Å²) in [7, 11) is 3.69. The molecule has 73 heavy (non-hydrogen) atoms. The smallest absolute Gasteiger partial charge is 0.410 e. The van der Waals surface area contributed by atoms with Gasteiger partial charge in [0, 0.05) is 6.54 Å². The van der Waals surface area contributed by atoms with E-state index < -0.39 is 67.1 Å². The molecule has 1 saturated heterocycles. The van der Waals surface area contributed by atoms with Crippen LogP contribution in [0.25, 0.3) is 0 Å². The van der Waals surface area contributed by atoms with Crippen LogP contribution in [0.4, 0.5) is 4.79 Å². The molecule has 0 bridgehead atoms. The van der Waals surface area contributed by atoms with Crippen LogP contribution in [0.5, 0.6) is 0 Å². The van der Waals surface area contributed by atoms with E-state index in [0.29, 0.717) is 19.4 Å². The highest BCUT2D eigenvalue weighted by atomic mass is 16.6. The summed E-state index contributed by atoms with van der Waals surface area (Å²) in [5, 5.41) is 0. The van der Waals surface area contributed by atoms with E-state index in [1.807, 2.05) is 19.0 Å². The van der Waals surface area contributed by atoms with E-state index in [1.54, 1.807) is 0 Å². The van der Waals surface area contributed by atoms with E-state index in [4.69, 9.17) is 33.2 Å². The van der Waals surface area contributed by atoms with E-state index in [9.17, 15) is 33.6 Å². The number of likely N-dealkylation sites (N-methyl/N-ethyl adjacent to an activating group) is 1. The van der Waals surface area contributed by atoms with E-state index in [0.717, 1.165) is 154 Å². The van der Waals surface area contributed by atoms with Crippen LogP contribution in [0.1, 0.15) is 195 Å². The second kappa shape index (κ2) is 45.4. The molecule has 0 unspecified atom stereocenters. The number of carbonyl (C=O) groups is 7. The van der Waals surface area contributed by atoms with Crippen LogP contribution < -0.4 is 0 Å². The number of esters is 6. The predicted molar refractivity (Wildman–Crippen MR) is 281 cm³/mol. The minimum Gasteiger partial charge on any atom is -0.465 e. The van der Waals surface area contributed by atoms with Gasteiger partial charge in [-0.05, 0) is 52.6 Å². The molecule has 1 amide bonds. The molecule has 1 heterocycles. The molecule has 1 aliphatic rings. The molecular weight excluding hydrogens is 941 g/mol. The Bertz CT molecular complexity index is 1330. The largest absolute Gasteiger partial charge is 0.465 e. The molecule has 424 valence electrons. The number of likely N-dealkylation sites (tertiary alicyclic amines) is 1. The lowest BCUT2D eigenvalue weighted by atomic mass is 10.1. The third kappa shape index (κ3) is 37.4. The third-order valence-corrected chi connectivity index (χ3v) is 12.6. The summed E-state index contributed by atoms with van der Waals surface area (Å²) >= 11 is 0. The Balaban J connectivity index is 3.01. The summed E-state index contributed by atoms with van der Waals surface area (Å²) in [5.41, 5.74) is 0. The summed E-state index contributed by atoms with van der Waals surface area (Å²) in [6.07, 6.45) is 24.7. The Morgan fingerprint density at radius 3 is 0.890 bits per heavy atom. The van der Waals surface area contributed by atoms with Crippen molar-refractivity contribution in [2.75, 3.05) is 106 Å². The minimum atomic E-state index is -0.723. The van der Waals surface area contributed by atoms with Gasteiger partial charge in [-0.1, -0.05) is 156 Å². The third-order valence-electron chi connectivity index (χ3n) is 12.6. The maximum absolute atomic E-state index is 13.7. The Morgan fingerprint density at radius 1 is 0.356 bits per heavy atom. The van der Waals surface area contributed by atoms with Gasteiger partial charge in [0.1, 0.15) is 19.8 Å². The average Bonchev–Trinajstić information content (AvgIpc) is 3.76. The van der Waals surface area contributed by atoms with Crippen LogP contribution in [-0.4, -0.2) is 180 Å². The fourth-order valence-corrected chi connectivity index (χ4v) is 8.33. The number of amides is 1. The lowest BCUT2D eigenvalue weighted by Crippen LogP contribution is -2.47. The molecule has 0 aliphatic carbocycles. The molecule has 1 fully saturated rings. The summed E-state index contributed by atoms with van der Waals surface area (Å²) < 4.78 is 38.9. The van der Waals surface area contributed by atoms with Crippen molar-refractivity contribution in [2.24, 2.45) is 0 Å². The highest BCUT2D eigenvalue weighted by Gasteiger charge is 2.40. The summed E-state index contributed by atoms with van der Waals surface area (Å²) in [5.74, 6) is -3.72. The first-order chi connectivity index (χ1) is 35.3. The molecule has 0 aromatic heterocycles. The molecule has 1 aliphatic heterocycles. The Labute approximate surface area is 439 Å². The highest BCUT2D eigenvalue weighted by Crippen LogP contribution is 2.26. The van der Waals surface area contributed by atoms with Crippen LogP contribution in [-0.2, 0) is 61.9 Å².